The van der Waals surface area contributed by atoms with Crippen LogP contribution in [0.1, 0.15) is 24.8 Å². The molecule has 1 heterocycles. The van der Waals surface area contributed by atoms with Crippen molar-refractivity contribution < 1.29 is 13.2 Å². The number of carbonyl (C=O) groups is 1. The van der Waals surface area contributed by atoms with Crippen LogP contribution in [0.3, 0.4) is 0 Å². The van der Waals surface area contributed by atoms with Crippen molar-refractivity contribution in [2.75, 3.05) is 31.2 Å². The Kier molecular flexibility index (Phi) is 7.01. The van der Waals surface area contributed by atoms with Crippen LogP contribution in [0.25, 0.3) is 0 Å². The van der Waals surface area contributed by atoms with Crippen molar-refractivity contribution in [2.45, 2.75) is 25.7 Å². The van der Waals surface area contributed by atoms with Crippen LogP contribution in [0.5, 0.6) is 0 Å². The fourth-order valence-corrected chi connectivity index (χ4v) is 4.15. The van der Waals surface area contributed by atoms with E-state index in [4.69, 9.17) is 0 Å². The van der Waals surface area contributed by atoms with Crippen molar-refractivity contribution in [1.82, 2.24) is 9.62 Å². The lowest BCUT2D eigenvalue weighted by molar-refractivity contribution is 0.182. The van der Waals surface area contributed by atoms with Crippen molar-refractivity contribution >= 4 is 21.7 Å². The van der Waals surface area contributed by atoms with Gasteiger partial charge in [0.15, 0.2) is 0 Å². The first-order valence-electron chi connectivity index (χ1n) is 8.61. The highest BCUT2D eigenvalue weighted by Gasteiger charge is 2.27. The second kappa shape index (κ2) is 9.01. The number of allylic oxidation sites excluding steroid dienone is 1. The van der Waals surface area contributed by atoms with E-state index in [9.17, 15) is 13.2 Å². The molecule has 0 spiro atoms. The number of rotatable bonds is 7. The molecule has 1 aromatic rings. The number of hydrogen-bond donors (Lipinski definition) is 2. The van der Waals surface area contributed by atoms with Crippen LogP contribution in [-0.2, 0) is 16.4 Å². The summed E-state index contributed by atoms with van der Waals surface area (Å²) in [5.74, 6) is 0.0244. The number of urea groups is 1. The van der Waals surface area contributed by atoms with Gasteiger partial charge in [-0.15, -0.1) is 6.58 Å². The molecule has 0 saturated carbocycles. The average molecular weight is 365 g/mol. The molecule has 2 N–H and O–H groups in total. The Bertz CT molecular complexity index is 703. The highest BCUT2D eigenvalue weighted by Crippen LogP contribution is 2.21. The first kappa shape index (κ1) is 19.5. The third kappa shape index (κ3) is 5.86. The summed E-state index contributed by atoms with van der Waals surface area (Å²) in [5, 5.41) is 2.97. The maximum Gasteiger partial charge on any atom is 0.321 e. The molecule has 0 aliphatic carbocycles. The van der Waals surface area contributed by atoms with Crippen molar-refractivity contribution in [2.24, 2.45) is 5.92 Å². The Hall–Kier alpha value is -1.86. The van der Waals surface area contributed by atoms with E-state index in [0.29, 0.717) is 13.1 Å². The smallest absolute Gasteiger partial charge is 0.321 e. The van der Waals surface area contributed by atoms with Gasteiger partial charge >= 0.3 is 6.03 Å². The molecule has 25 heavy (non-hydrogen) atoms. The normalized spacial score (nSPS) is 18.0. The predicted molar refractivity (Wildman–Crippen MR) is 101 cm³/mol. The molecule has 2 amide bonds. The van der Waals surface area contributed by atoms with Crippen LogP contribution in [-0.4, -0.2) is 45.2 Å². The van der Waals surface area contributed by atoms with Gasteiger partial charge in [0.25, 0.3) is 0 Å². The number of benzene rings is 1. The molecular formula is C18H27N3O3S. The largest absolute Gasteiger partial charge is 0.324 e. The molecular weight excluding hydrogens is 338 g/mol. The molecule has 138 valence electrons. The topological polar surface area (TPSA) is 78.5 Å². The summed E-state index contributed by atoms with van der Waals surface area (Å²) in [6.45, 7) is 4.84. The Morgan fingerprint density at radius 1 is 1.40 bits per heavy atom. The minimum absolute atomic E-state index is 0.0343. The summed E-state index contributed by atoms with van der Waals surface area (Å²) >= 11 is 0. The molecule has 7 heteroatoms. The Morgan fingerprint density at radius 2 is 2.16 bits per heavy atom. The minimum Gasteiger partial charge on any atom is -0.324 e. The Morgan fingerprint density at radius 3 is 2.88 bits per heavy atom. The molecule has 1 aromatic carbocycles. The van der Waals surface area contributed by atoms with Gasteiger partial charge in [0.1, 0.15) is 0 Å². The van der Waals surface area contributed by atoms with E-state index in [2.05, 4.69) is 16.6 Å². The van der Waals surface area contributed by atoms with E-state index in [0.717, 1.165) is 36.9 Å². The van der Waals surface area contributed by atoms with Gasteiger partial charge < -0.3 is 10.2 Å². The molecule has 0 aromatic heterocycles. The predicted octanol–water partition coefficient (Wildman–Crippen LogP) is 2.60. The van der Waals surface area contributed by atoms with Gasteiger partial charge in [0.05, 0.1) is 5.75 Å². The highest BCUT2D eigenvalue weighted by atomic mass is 32.2. The number of anilines is 1. The number of likely N-dealkylation sites (tertiary alicyclic amines) is 1. The molecule has 1 saturated heterocycles. The van der Waals surface area contributed by atoms with Crippen LogP contribution in [0, 0.1) is 5.92 Å². The van der Waals surface area contributed by atoms with E-state index in [1.54, 1.807) is 4.90 Å². The number of nitrogens with zero attached hydrogens (tertiary/aromatic N) is 1. The van der Waals surface area contributed by atoms with Gasteiger partial charge in [-0.1, -0.05) is 24.3 Å². The van der Waals surface area contributed by atoms with Crippen molar-refractivity contribution in [1.29, 1.82) is 0 Å². The fraction of sp³-hybridized carbons (Fsp3) is 0.500. The van der Waals surface area contributed by atoms with Crippen molar-refractivity contribution in [3.63, 3.8) is 0 Å². The Balaban J connectivity index is 2.00. The number of sulfonamides is 1. The minimum atomic E-state index is -3.26. The molecule has 0 bridgehead atoms. The number of hydrogen-bond acceptors (Lipinski definition) is 3. The van der Waals surface area contributed by atoms with Crippen LogP contribution in [0.4, 0.5) is 10.5 Å². The zero-order chi connectivity index (χ0) is 18.3. The third-order valence-corrected chi connectivity index (χ3v) is 5.98. The van der Waals surface area contributed by atoms with Gasteiger partial charge in [-0.25, -0.2) is 17.9 Å². The zero-order valence-electron chi connectivity index (χ0n) is 14.7. The Labute approximate surface area is 150 Å². The van der Waals surface area contributed by atoms with E-state index in [1.807, 2.05) is 30.3 Å². The summed E-state index contributed by atoms with van der Waals surface area (Å²) in [7, 11) is -1.84. The van der Waals surface area contributed by atoms with E-state index in [-0.39, 0.29) is 17.7 Å². The summed E-state index contributed by atoms with van der Waals surface area (Å²) in [6, 6.07) is 7.57. The maximum atomic E-state index is 12.6. The zero-order valence-corrected chi connectivity index (χ0v) is 15.5. The molecule has 1 unspecified atom stereocenters. The number of para-hydroxylation sites is 1. The lowest BCUT2D eigenvalue weighted by Gasteiger charge is -2.32. The SMILES string of the molecule is C=CCCc1ccccc1NC(=O)N1CCCC(CS(=O)(=O)NC)C1. The monoisotopic (exact) mass is 365 g/mol. The molecule has 6 nitrogen and oxygen atoms in total. The van der Waals surface area contributed by atoms with Crippen LogP contribution in [0.2, 0.25) is 0 Å². The molecule has 1 atom stereocenters. The van der Waals surface area contributed by atoms with Crippen LogP contribution in [0.15, 0.2) is 36.9 Å². The van der Waals surface area contributed by atoms with Crippen LogP contribution < -0.4 is 10.0 Å². The number of nitrogens with one attached hydrogen (secondary N) is 2. The number of carbonyl (C=O) groups excluding carboxylic acids is 1. The molecule has 0 radical (unpaired) electrons. The van der Waals surface area contributed by atoms with Gasteiger partial charge in [0, 0.05) is 18.8 Å². The fourth-order valence-electron chi connectivity index (χ4n) is 3.09. The number of aryl methyl sites for hydroxylation is 1. The first-order valence-corrected chi connectivity index (χ1v) is 10.3. The summed E-state index contributed by atoms with van der Waals surface area (Å²) in [5.41, 5.74) is 1.88. The summed E-state index contributed by atoms with van der Waals surface area (Å²) in [6.07, 6.45) is 5.16. The van der Waals surface area contributed by atoms with Crippen molar-refractivity contribution in [3.8, 4) is 0 Å². The lowest BCUT2D eigenvalue weighted by atomic mass is 10.0. The standard InChI is InChI=1S/C18H27N3O3S/c1-3-4-9-16-10-5-6-11-17(16)20-18(22)21-12-7-8-15(13-21)14-25(23,24)19-2/h3,5-6,10-11,15,19H,1,4,7-9,12-14H2,2H3,(H,20,22). The lowest BCUT2D eigenvalue weighted by Crippen LogP contribution is -2.44. The molecule has 1 fully saturated rings. The van der Waals surface area contributed by atoms with Gasteiger partial charge in [-0.05, 0) is 50.3 Å². The van der Waals surface area contributed by atoms with E-state index in [1.165, 1.54) is 7.05 Å². The first-order chi connectivity index (χ1) is 11.9. The summed E-state index contributed by atoms with van der Waals surface area (Å²) < 4.78 is 25.8. The van der Waals surface area contributed by atoms with E-state index < -0.39 is 10.0 Å². The highest BCUT2D eigenvalue weighted by molar-refractivity contribution is 7.89. The van der Waals surface area contributed by atoms with Crippen LogP contribution >= 0.6 is 0 Å². The maximum absolute atomic E-state index is 12.6. The second-order valence-electron chi connectivity index (χ2n) is 6.35. The molecule has 1 aliphatic rings. The van der Waals surface area contributed by atoms with Gasteiger partial charge in [-0.2, -0.15) is 0 Å². The van der Waals surface area contributed by atoms with Gasteiger partial charge in [-0.3, -0.25) is 0 Å². The quantitative estimate of drug-likeness (QED) is 0.729. The number of piperidine rings is 1. The van der Waals surface area contributed by atoms with Crippen molar-refractivity contribution in [3.05, 3.63) is 42.5 Å². The average Bonchev–Trinajstić information content (AvgIpc) is 2.61. The number of amides is 2. The van der Waals surface area contributed by atoms with E-state index >= 15 is 0 Å². The summed E-state index contributed by atoms with van der Waals surface area (Å²) in [4.78, 5) is 14.3. The molecule has 1 aliphatic heterocycles. The third-order valence-electron chi connectivity index (χ3n) is 4.45. The second-order valence-corrected chi connectivity index (χ2v) is 8.33. The van der Waals surface area contributed by atoms with Gasteiger partial charge in [0.2, 0.25) is 10.0 Å². The molecule has 2 rings (SSSR count).